The van der Waals surface area contributed by atoms with Crippen LogP contribution in [0, 0.1) is 0 Å². The van der Waals surface area contributed by atoms with Crippen molar-refractivity contribution in [3.8, 4) is 0 Å². The molecule has 31 heavy (non-hydrogen) atoms. The summed E-state index contributed by atoms with van der Waals surface area (Å²) in [5, 5.41) is 6.06. The average Bonchev–Trinajstić information content (AvgIpc) is 2.80. The van der Waals surface area contributed by atoms with Crippen LogP contribution in [0.2, 0.25) is 0 Å². The highest BCUT2D eigenvalue weighted by molar-refractivity contribution is 5.94. The molecule has 2 atom stereocenters. The molecule has 160 valence electrons. The highest BCUT2D eigenvalue weighted by Gasteiger charge is 2.21. The number of nitrogens with zero attached hydrogens (tertiary/aromatic N) is 1. The summed E-state index contributed by atoms with van der Waals surface area (Å²) in [7, 11) is 3.99. The van der Waals surface area contributed by atoms with Gasteiger partial charge in [-0.15, -0.1) is 0 Å². The monoisotopic (exact) mass is 415 g/mol. The zero-order valence-electron chi connectivity index (χ0n) is 18.0. The van der Waals surface area contributed by atoms with Crippen LogP contribution >= 0.6 is 0 Å². The summed E-state index contributed by atoms with van der Waals surface area (Å²) in [4.78, 5) is 27.6. The maximum absolute atomic E-state index is 12.8. The molecule has 0 spiro atoms. The normalized spacial score (nSPS) is 12.7. The highest BCUT2D eigenvalue weighted by Crippen LogP contribution is 2.19. The van der Waals surface area contributed by atoms with E-state index in [0.717, 1.165) is 11.1 Å². The molecule has 0 radical (unpaired) electrons. The quantitative estimate of drug-likeness (QED) is 0.556. The Balaban J connectivity index is 1.67. The third-order valence-corrected chi connectivity index (χ3v) is 5.23. The largest absolute Gasteiger partial charge is 0.354 e. The van der Waals surface area contributed by atoms with E-state index in [2.05, 4.69) is 27.7 Å². The van der Waals surface area contributed by atoms with Crippen LogP contribution < -0.4 is 10.6 Å². The highest BCUT2D eigenvalue weighted by atomic mass is 16.2. The van der Waals surface area contributed by atoms with E-state index in [9.17, 15) is 9.59 Å². The van der Waals surface area contributed by atoms with Crippen molar-refractivity contribution in [1.29, 1.82) is 0 Å². The van der Waals surface area contributed by atoms with Crippen LogP contribution in [0.4, 0.5) is 0 Å². The summed E-state index contributed by atoms with van der Waals surface area (Å²) in [5.41, 5.74) is 2.61. The number of amides is 2. The van der Waals surface area contributed by atoms with Gasteiger partial charge in [-0.1, -0.05) is 78.9 Å². The zero-order valence-corrected chi connectivity index (χ0v) is 18.0. The lowest BCUT2D eigenvalue weighted by Gasteiger charge is -2.26. The third-order valence-electron chi connectivity index (χ3n) is 5.23. The summed E-state index contributed by atoms with van der Waals surface area (Å²) in [6.07, 6.45) is 0.164. The second-order valence-corrected chi connectivity index (χ2v) is 7.70. The lowest BCUT2D eigenvalue weighted by atomic mass is 10.0. The molecule has 0 saturated heterocycles. The molecule has 3 aromatic rings. The topological polar surface area (TPSA) is 61.4 Å². The van der Waals surface area contributed by atoms with Gasteiger partial charge in [0.15, 0.2) is 0 Å². The Hall–Kier alpha value is -3.44. The van der Waals surface area contributed by atoms with Crippen molar-refractivity contribution in [2.75, 3.05) is 20.6 Å². The molecule has 3 rings (SSSR count). The summed E-state index contributed by atoms with van der Waals surface area (Å²) in [6.45, 7) is 0.490. The molecule has 0 aliphatic carbocycles. The van der Waals surface area contributed by atoms with Crippen molar-refractivity contribution in [3.05, 3.63) is 108 Å². The SMILES string of the molecule is CN(C)[C@H](CNC(=O)C[C@H](NC(=O)c1ccccc1)c1ccccc1)c1ccccc1. The van der Waals surface area contributed by atoms with Gasteiger partial charge in [0.2, 0.25) is 5.91 Å². The predicted molar refractivity (Wildman–Crippen MR) is 124 cm³/mol. The first-order chi connectivity index (χ1) is 15.0. The molecule has 5 nitrogen and oxygen atoms in total. The standard InChI is InChI=1S/C26H29N3O2/c1-29(2)24(21-14-8-4-9-15-21)19-27-25(30)18-23(20-12-6-3-7-13-20)28-26(31)22-16-10-5-11-17-22/h3-17,23-24H,18-19H2,1-2H3,(H,27,30)(H,28,31)/t23-,24+/m0/s1. The maximum atomic E-state index is 12.8. The van der Waals surface area contributed by atoms with E-state index in [-0.39, 0.29) is 24.3 Å². The molecule has 0 aliphatic heterocycles. The molecular formula is C26H29N3O2. The number of carbonyl (C=O) groups is 2. The van der Waals surface area contributed by atoms with Crippen LogP contribution in [-0.2, 0) is 4.79 Å². The number of nitrogens with one attached hydrogen (secondary N) is 2. The third kappa shape index (κ3) is 6.52. The minimum absolute atomic E-state index is 0.0687. The van der Waals surface area contributed by atoms with Gasteiger partial charge in [-0.2, -0.15) is 0 Å². The van der Waals surface area contributed by atoms with Crippen LogP contribution in [0.5, 0.6) is 0 Å². The van der Waals surface area contributed by atoms with E-state index in [1.54, 1.807) is 12.1 Å². The minimum atomic E-state index is -0.413. The van der Waals surface area contributed by atoms with Gasteiger partial charge in [-0.25, -0.2) is 0 Å². The fourth-order valence-electron chi connectivity index (χ4n) is 3.51. The summed E-state index contributed by atoms with van der Waals surface area (Å²) < 4.78 is 0. The van der Waals surface area contributed by atoms with Gasteiger partial charge in [0, 0.05) is 12.1 Å². The first-order valence-electron chi connectivity index (χ1n) is 10.4. The van der Waals surface area contributed by atoms with Crippen LogP contribution in [0.1, 0.15) is 40.0 Å². The molecule has 0 aliphatic rings. The van der Waals surface area contributed by atoms with Crippen molar-refractivity contribution >= 4 is 11.8 Å². The molecule has 0 unspecified atom stereocenters. The molecule has 0 saturated carbocycles. The van der Waals surface area contributed by atoms with Crippen molar-refractivity contribution < 1.29 is 9.59 Å². The fraction of sp³-hybridized carbons (Fsp3) is 0.231. The molecule has 0 bridgehead atoms. The van der Waals surface area contributed by atoms with Gasteiger partial charge in [0.25, 0.3) is 5.91 Å². The number of carbonyl (C=O) groups excluding carboxylic acids is 2. The van der Waals surface area contributed by atoms with E-state index < -0.39 is 6.04 Å². The van der Waals surface area contributed by atoms with Gasteiger partial charge in [-0.3, -0.25) is 9.59 Å². The molecular weight excluding hydrogens is 386 g/mol. The van der Waals surface area contributed by atoms with Crippen molar-refractivity contribution in [2.45, 2.75) is 18.5 Å². The van der Waals surface area contributed by atoms with Crippen LogP contribution in [0.3, 0.4) is 0 Å². The second-order valence-electron chi connectivity index (χ2n) is 7.70. The molecule has 0 fully saturated rings. The van der Waals surface area contributed by atoms with Crippen molar-refractivity contribution in [1.82, 2.24) is 15.5 Å². The van der Waals surface area contributed by atoms with Gasteiger partial charge < -0.3 is 15.5 Å². The first kappa shape index (κ1) is 22.2. The molecule has 0 heterocycles. The molecule has 0 aromatic heterocycles. The number of rotatable bonds is 9. The maximum Gasteiger partial charge on any atom is 0.251 e. The fourth-order valence-corrected chi connectivity index (χ4v) is 3.51. The number of hydrogen-bond acceptors (Lipinski definition) is 3. The summed E-state index contributed by atoms with van der Waals surface area (Å²) in [5.74, 6) is -0.303. The summed E-state index contributed by atoms with van der Waals surface area (Å²) >= 11 is 0. The average molecular weight is 416 g/mol. The first-order valence-corrected chi connectivity index (χ1v) is 10.4. The van der Waals surface area contributed by atoms with Crippen LogP contribution in [0.25, 0.3) is 0 Å². The molecule has 2 amide bonds. The number of hydrogen-bond donors (Lipinski definition) is 2. The van der Waals surface area contributed by atoms with Gasteiger partial charge >= 0.3 is 0 Å². The van der Waals surface area contributed by atoms with E-state index in [0.29, 0.717) is 12.1 Å². The Morgan fingerprint density at radius 1 is 0.774 bits per heavy atom. The Morgan fingerprint density at radius 2 is 1.29 bits per heavy atom. The summed E-state index contributed by atoms with van der Waals surface area (Å²) in [6, 6.07) is 28.4. The van der Waals surface area contributed by atoms with E-state index in [1.807, 2.05) is 80.8 Å². The lowest BCUT2D eigenvalue weighted by Crippen LogP contribution is -2.37. The predicted octanol–water partition coefficient (Wildman–Crippen LogP) is 3.97. The van der Waals surface area contributed by atoms with Gasteiger partial charge in [0.1, 0.15) is 0 Å². The zero-order chi connectivity index (χ0) is 22.1. The molecule has 2 N–H and O–H groups in total. The molecule has 3 aromatic carbocycles. The van der Waals surface area contributed by atoms with E-state index >= 15 is 0 Å². The van der Waals surface area contributed by atoms with Crippen LogP contribution in [-0.4, -0.2) is 37.4 Å². The second kappa shape index (κ2) is 11.1. The van der Waals surface area contributed by atoms with E-state index in [1.165, 1.54) is 0 Å². The minimum Gasteiger partial charge on any atom is -0.354 e. The number of likely N-dealkylation sites (N-methyl/N-ethyl adjacent to an activating group) is 1. The molecule has 5 heteroatoms. The van der Waals surface area contributed by atoms with Crippen LogP contribution in [0.15, 0.2) is 91.0 Å². The lowest BCUT2D eigenvalue weighted by molar-refractivity contribution is -0.121. The number of benzene rings is 3. The van der Waals surface area contributed by atoms with Gasteiger partial charge in [-0.05, 0) is 37.4 Å². The van der Waals surface area contributed by atoms with Gasteiger partial charge in [0.05, 0.1) is 18.5 Å². The Kier molecular flexibility index (Phi) is 7.96. The van der Waals surface area contributed by atoms with E-state index in [4.69, 9.17) is 0 Å². The Morgan fingerprint density at radius 3 is 1.84 bits per heavy atom. The Bertz CT molecular complexity index is 960. The Labute approximate surface area is 184 Å². The van der Waals surface area contributed by atoms with Crippen molar-refractivity contribution in [3.63, 3.8) is 0 Å². The van der Waals surface area contributed by atoms with Crippen molar-refractivity contribution in [2.24, 2.45) is 0 Å². The smallest absolute Gasteiger partial charge is 0.251 e.